The van der Waals surface area contributed by atoms with Crippen LogP contribution < -0.4 is 0 Å². The minimum absolute atomic E-state index is 0.123. The molecule has 16 heavy (non-hydrogen) atoms. The van der Waals surface area contributed by atoms with Crippen molar-refractivity contribution in [2.45, 2.75) is 51.8 Å². The highest BCUT2D eigenvalue weighted by Crippen LogP contribution is 2.30. The van der Waals surface area contributed by atoms with Crippen LogP contribution in [0.15, 0.2) is 6.33 Å². The Balaban J connectivity index is 2.20. The van der Waals surface area contributed by atoms with Gasteiger partial charge in [0.1, 0.15) is 6.33 Å². The maximum Gasteiger partial charge on any atom is 0.115 e. The van der Waals surface area contributed by atoms with Crippen LogP contribution in [0.3, 0.4) is 0 Å². The van der Waals surface area contributed by atoms with Crippen molar-refractivity contribution in [2.75, 3.05) is 0 Å². The molecule has 1 atom stereocenters. The SMILES string of the molecule is CC(C)(C)C(Cl)Cc1ncnc2c1CCC2. The molecule has 0 saturated carbocycles. The Morgan fingerprint density at radius 3 is 2.75 bits per heavy atom. The molecule has 0 amide bonds. The first-order valence-electron chi connectivity index (χ1n) is 5.94. The molecule has 1 aliphatic carbocycles. The minimum atomic E-state index is 0.123. The first-order chi connectivity index (χ1) is 7.48. The van der Waals surface area contributed by atoms with E-state index in [1.807, 2.05) is 0 Å². The minimum Gasteiger partial charge on any atom is -0.241 e. The summed E-state index contributed by atoms with van der Waals surface area (Å²) in [5.41, 5.74) is 3.88. The quantitative estimate of drug-likeness (QED) is 0.740. The fraction of sp³-hybridized carbons (Fsp3) is 0.692. The summed E-state index contributed by atoms with van der Waals surface area (Å²) in [6.45, 7) is 6.52. The van der Waals surface area contributed by atoms with Crippen LogP contribution in [-0.2, 0) is 19.3 Å². The number of aryl methyl sites for hydroxylation is 1. The van der Waals surface area contributed by atoms with E-state index >= 15 is 0 Å². The van der Waals surface area contributed by atoms with Gasteiger partial charge in [0.2, 0.25) is 0 Å². The van der Waals surface area contributed by atoms with E-state index in [-0.39, 0.29) is 10.8 Å². The fourth-order valence-corrected chi connectivity index (χ4v) is 2.23. The molecule has 2 nitrogen and oxygen atoms in total. The lowest BCUT2D eigenvalue weighted by molar-refractivity contribution is 0.384. The largest absolute Gasteiger partial charge is 0.241 e. The zero-order chi connectivity index (χ0) is 11.8. The predicted molar refractivity (Wildman–Crippen MR) is 66.9 cm³/mol. The zero-order valence-corrected chi connectivity index (χ0v) is 11.0. The third kappa shape index (κ3) is 2.37. The molecular formula is C13H19ClN2. The molecule has 0 aliphatic heterocycles. The lowest BCUT2D eigenvalue weighted by Crippen LogP contribution is -2.24. The van der Waals surface area contributed by atoms with Crippen molar-refractivity contribution in [3.8, 4) is 0 Å². The van der Waals surface area contributed by atoms with Crippen LogP contribution in [0, 0.1) is 5.41 Å². The van der Waals surface area contributed by atoms with E-state index in [1.54, 1.807) is 6.33 Å². The van der Waals surface area contributed by atoms with Crippen LogP contribution in [0.2, 0.25) is 0 Å². The zero-order valence-electron chi connectivity index (χ0n) is 10.3. The van der Waals surface area contributed by atoms with Crippen molar-refractivity contribution in [2.24, 2.45) is 5.41 Å². The summed E-state index contributed by atoms with van der Waals surface area (Å²) in [4.78, 5) is 8.74. The van der Waals surface area contributed by atoms with Gasteiger partial charge in [0, 0.05) is 23.2 Å². The fourth-order valence-electron chi connectivity index (χ4n) is 2.08. The van der Waals surface area contributed by atoms with Gasteiger partial charge in [-0.2, -0.15) is 0 Å². The van der Waals surface area contributed by atoms with E-state index in [0.717, 1.165) is 25.0 Å². The number of halogens is 1. The van der Waals surface area contributed by atoms with Crippen LogP contribution in [0.1, 0.15) is 44.1 Å². The van der Waals surface area contributed by atoms with Crippen molar-refractivity contribution < 1.29 is 0 Å². The van der Waals surface area contributed by atoms with Crippen LogP contribution in [0.4, 0.5) is 0 Å². The van der Waals surface area contributed by atoms with E-state index < -0.39 is 0 Å². The van der Waals surface area contributed by atoms with Crippen molar-refractivity contribution in [3.05, 3.63) is 23.3 Å². The van der Waals surface area contributed by atoms with Gasteiger partial charge in [-0.1, -0.05) is 20.8 Å². The average molecular weight is 239 g/mol. The Hall–Kier alpha value is -0.630. The Bertz CT molecular complexity index is 382. The number of rotatable bonds is 2. The van der Waals surface area contributed by atoms with Gasteiger partial charge in [-0.25, -0.2) is 9.97 Å². The number of nitrogens with zero attached hydrogens (tertiary/aromatic N) is 2. The molecule has 0 aromatic carbocycles. The molecule has 0 N–H and O–H groups in total. The summed E-state index contributed by atoms with van der Waals surface area (Å²) in [6.07, 6.45) is 5.98. The maximum absolute atomic E-state index is 6.43. The number of hydrogen-bond donors (Lipinski definition) is 0. The molecule has 3 heteroatoms. The smallest absolute Gasteiger partial charge is 0.115 e. The molecule has 0 saturated heterocycles. The van der Waals surface area contributed by atoms with E-state index in [2.05, 4.69) is 30.7 Å². The molecule has 1 aromatic heterocycles. The van der Waals surface area contributed by atoms with Gasteiger partial charge >= 0.3 is 0 Å². The topological polar surface area (TPSA) is 25.8 Å². The van der Waals surface area contributed by atoms with Gasteiger partial charge < -0.3 is 0 Å². The second-order valence-electron chi connectivity index (χ2n) is 5.64. The molecule has 0 fully saturated rings. The molecule has 88 valence electrons. The molecule has 0 bridgehead atoms. The summed E-state index contributed by atoms with van der Waals surface area (Å²) < 4.78 is 0. The van der Waals surface area contributed by atoms with E-state index in [4.69, 9.17) is 11.6 Å². The molecule has 1 unspecified atom stereocenters. The Morgan fingerprint density at radius 2 is 2.06 bits per heavy atom. The van der Waals surface area contributed by atoms with Crippen molar-refractivity contribution >= 4 is 11.6 Å². The van der Waals surface area contributed by atoms with Crippen LogP contribution >= 0.6 is 11.6 Å². The van der Waals surface area contributed by atoms with Crippen molar-refractivity contribution in [1.82, 2.24) is 9.97 Å². The number of aromatic nitrogens is 2. The summed E-state index contributed by atoms with van der Waals surface area (Å²) in [6, 6.07) is 0. The van der Waals surface area contributed by atoms with Gasteiger partial charge in [-0.3, -0.25) is 0 Å². The predicted octanol–water partition coefficient (Wildman–Crippen LogP) is 3.16. The lowest BCUT2D eigenvalue weighted by Gasteiger charge is -2.25. The lowest BCUT2D eigenvalue weighted by atomic mass is 9.88. The molecule has 1 aromatic rings. The van der Waals surface area contributed by atoms with Crippen LogP contribution in [0.5, 0.6) is 0 Å². The second-order valence-corrected chi connectivity index (χ2v) is 6.16. The Labute approximate surface area is 102 Å². The normalized spacial score (nSPS) is 17.2. The van der Waals surface area contributed by atoms with E-state index in [9.17, 15) is 0 Å². The summed E-state index contributed by atoms with van der Waals surface area (Å²) in [5, 5.41) is 0.132. The molecule has 0 spiro atoms. The van der Waals surface area contributed by atoms with E-state index in [0.29, 0.717) is 0 Å². The van der Waals surface area contributed by atoms with Crippen molar-refractivity contribution in [1.29, 1.82) is 0 Å². The number of hydrogen-bond acceptors (Lipinski definition) is 2. The van der Waals surface area contributed by atoms with Crippen molar-refractivity contribution in [3.63, 3.8) is 0 Å². The monoisotopic (exact) mass is 238 g/mol. The molecule has 1 heterocycles. The Morgan fingerprint density at radius 1 is 1.31 bits per heavy atom. The second kappa shape index (κ2) is 4.33. The van der Waals surface area contributed by atoms with Gasteiger partial charge in [0.25, 0.3) is 0 Å². The highest BCUT2D eigenvalue weighted by atomic mass is 35.5. The van der Waals surface area contributed by atoms with Gasteiger partial charge in [-0.15, -0.1) is 11.6 Å². The Kier molecular flexibility index (Phi) is 3.20. The van der Waals surface area contributed by atoms with Crippen LogP contribution in [0.25, 0.3) is 0 Å². The highest BCUT2D eigenvalue weighted by Gasteiger charge is 2.25. The summed E-state index contributed by atoms with van der Waals surface area (Å²) >= 11 is 6.43. The first kappa shape index (κ1) is 11.8. The average Bonchev–Trinajstić information content (AvgIpc) is 2.65. The molecule has 1 aliphatic rings. The van der Waals surface area contributed by atoms with Gasteiger partial charge in [-0.05, 0) is 30.2 Å². The first-order valence-corrected chi connectivity index (χ1v) is 6.38. The number of alkyl halides is 1. The molecule has 0 radical (unpaired) electrons. The van der Waals surface area contributed by atoms with Gasteiger partial charge in [0.15, 0.2) is 0 Å². The third-order valence-corrected chi connectivity index (χ3v) is 4.09. The summed E-state index contributed by atoms with van der Waals surface area (Å²) in [7, 11) is 0. The van der Waals surface area contributed by atoms with E-state index in [1.165, 1.54) is 17.7 Å². The molecular weight excluding hydrogens is 220 g/mol. The highest BCUT2D eigenvalue weighted by molar-refractivity contribution is 6.21. The standard InChI is InChI=1S/C13H19ClN2/c1-13(2,3)12(14)7-11-9-5-4-6-10(9)15-8-16-11/h8,12H,4-7H2,1-3H3. The summed E-state index contributed by atoms with van der Waals surface area (Å²) in [5.74, 6) is 0. The maximum atomic E-state index is 6.43. The van der Waals surface area contributed by atoms with Gasteiger partial charge in [0.05, 0.1) is 0 Å². The van der Waals surface area contributed by atoms with Crippen LogP contribution in [-0.4, -0.2) is 15.3 Å². The molecule has 2 rings (SSSR count). The third-order valence-electron chi connectivity index (χ3n) is 3.28. The number of fused-ring (bicyclic) bond motifs is 1.